The Morgan fingerprint density at radius 1 is 1.39 bits per heavy atom. The molecule has 0 aliphatic carbocycles. The van der Waals surface area contributed by atoms with Crippen LogP contribution >= 0.6 is 23.5 Å². The van der Waals surface area contributed by atoms with Crippen LogP contribution in [0.2, 0.25) is 0 Å². The van der Waals surface area contributed by atoms with Crippen molar-refractivity contribution < 1.29 is 9.53 Å². The predicted molar refractivity (Wildman–Crippen MR) is 118 cm³/mol. The highest BCUT2D eigenvalue weighted by Gasteiger charge is 2.22. The van der Waals surface area contributed by atoms with Gasteiger partial charge in [-0.3, -0.25) is 9.78 Å². The van der Waals surface area contributed by atoms with Gasteiger partial charge in [-0.05, 0) is 30.5 Å². The molecule has 7 heteroatoms. The number of thioether (sulfide) groups is 2. The Morgan fingerprint density at radius 3 is 2.86 bits per heavy atom. The third-order valence-electron chi connectivity index (χ3n) is 4.44. The first-order valence-corrected chi connectivity index (χ1v) is 11.0. The number of amides is 1. The summed E-state index contributed by atoms with van der Waals surface area (Å²) in [5.41, 5.74) is 3.66. The number of rotatable bonds is 7. The Hall–Kier alpha value is -2.30. The van der Waals surface area contributed by atoms with E-state index in [4.69, 9.17) is 4.74 Å². The van der Waals surface area contributed by atoms with E-state index in [1.165, 1.54) is 18.0 Å². The summed E-state index contributed by atoms with van der Waals surface area (Å²) in [5.74, 6) is 1.78. The smallest absolute Gasteiger partial charge is 0.285 e. The number of carbonyl (C=O) groups excluding carboxylic acids is 1. The van der Waals surface area contributed by atoms with Gasteiger partial charge in [0.1, 0.15) is 17.4 Å². The molecule has 0 saturated carbocycles. The van der Waals surface area contributed by atoms with E-state index in [0.29, 0.717) is 28.7 Å². The molecule has 2 aromatic rings. The van der Waals surface area contributed by atoms with Gasteiger partial charge < -0.3 is 4.74 Å². The zero-order valence-electron chi connectivity index (χ0n) is 16.1. The summed E-state index contributed by atoms with van der Waals surface area (Å²) in [6, 6.07) is 7.99. The molecule has 0 radical (unpaired) electrons. The number of fused-ring (bicyclic) bond motifs is 1. The van der Waals surface area contributed by atoms with Crippen LogP contribution in [-0.4, -0.2) is 28.8 Å². The molecule has 28 heavy (non-hydrogen) atoms. The molecule has 0 N–H and O–H groups in total. The first kappa shape index (κ1) is 20.4. The monoisotopic (exact) mass is 411 g/mol. The normalized spacial score (nSPS) is 16.3. The number of nitriles is 1. The second kappa shape index (κ2) is 9.26. The number of carbonyl (C=O) groups is 1. The molecule has 1 aliphatic heterocycles. The number of hydrogen-bond donors (Lipinski definition) is 0. The summed E-state index contributed by atoms with van der Waals surface area (Å²) >= 11 is 3.04. The maximum atomic E-state index is 12.3. The lowest BCUT2D eigenvalue weighted by Gasteiger charge is -2.15. The van der Waals surface area contributed by atoms with Crippen molar-refractivity contribution in [3.05, 3.63) is 40.4 Å². The Labute approximate surface area is 173 Å². The fraction of sp³-hybridized carbons (Fsp3) is 0.333. The zero-order chi connectivity index (χ0) is 20.1. The summed E-state index contributed by atoms with van der Waals surface area (Å²) in [6.45, 7) is 6.71. The molecule has 144 valence electrons. The maximum absolute atomic E-state index is 12.3. The van der Waals surface area contributed by atoms with Gasteiger partial charge in [-0.15, -0.1) is 11.8 Å². The summed E-state index contributed by atoms with van der Waals surface area (Å²) in [5, 5.41) is 10.2. The van der Waals surface area contributed by atoms with Crippen LogP contribution in [0.15, 0.2) is 34.3 Å². The largest absolute Gasteiger partial charge is 0.492 e. The van der Waals surface area contributed by atoms with Crippen LogP contribution in [-0.2, 0) is 4.79 Å². The van der Waals surface area contributed by atoms with Crippen LogP contribution in [0, 0.1) is 17.2 Å². The highest BCUT2D eigenvalue weighted by atomic mass is 32.2. The highest BCUT2D eigenvalue weighted by molar-refractivity contribution is 8.18. The van der Waals surface area contributed by atoms with Crippen molar-refractivity contribution in [1.29, 1.82) is 5.26 Å². The maximum Gasteiger partial charge on any atom is 0.285 e. The number of pyridine rings is 1. The van der Waals surface area contributed by atoms with Crippen molar-refractivity contribution in [2.45, 2.75) is 27.2 Å². The number of nitrogens with zero attached hydrogens (tertiary/aromatic N) is 3. The fourth-order valence-electron chi connectivity index (χ4n) is 2.70. The van der Waals surface area contributed by atoms with E-state index in [1.807, 2.05) is 25.1 Å². The van der Waals surface area contributed by atoms with Gasteiger partial charge in [-0.2, -0.15) is 5.26 Å². The number of aromatic nitrogens is 1. The van der Waals surface area contributed by atoms with Gasteiger partial charge >= 0.3 is 0 Å². The van der Waals surface area contributed by atoms with Gasteiger partial charge in [0.2, 0.25) is 0 Å². The van der Waals surface area contributed by atoms with Gasteiger partial charge in [0.25, 0.3) is 5.91 Å². The first-order chi connectivity index (χ1) is 13.6. The number of benzene rings is 1. The molecular weight excluding hydrogens is 390 g/mol. The van der Waals surface area contributed by atoms with Crippen LogP contribution in [0.5, 0.6) is 5.75 Å². The molecule has 0 saturated heterocycles. The van der Waals surface area contributed by atoms with E-state index in [2.05, 4.69) is 29.9 Å². The molecule has 3 rings (SSSR count). The summed E-state index contributed by atoms with van der Waals surface area (Å²) in [6.07, 6.45) is 2.61. The van der Waals surface area contributed by atoms with Crippen molar-refractivity contribution >= 4 is 50.8 Å². The van der Waals surface area contributed by atoms with Crippen LogP contribution in [0.4, 0.5) is 0 Å². The molecule has 1 amide bonds. The Kier molecular flexibility index (Phi) is 6.76. The second-order valence-electron chi connectivity index (χ2n) is 6.42. The van der Waals surface area contributed by atoms with Crippen LogP contribution in [0.3, 0.4) is 0 Å². The van der Waals surface area contributed by atoms with E-state index < -0.39 is 0 Å². The molecule has 1 aromatic heterocycles. The summed E-state index contributed by atoms with van der Waals surface area (Å²) in [4.78, 5) is 22.1. The van der Waals surface area contributed by atoms with Crippen LogP contribution in [0.25, 0.3) is 15.8 Å². The second-order valence-corrected chi connectivity index (χ2v) is 8.30. The minimum absolute atomic E-state index is 0.203. The van der Waals surface area contributed by atoms with Crippen molar-refractivity contribution in [2.24, 2.45) is 10.9 Å². The number of ether oxygens (including phenoxy) is 1. The quantitative estimate of drug-likeness (QED) is 0.579. The summed E-state index contributed by atoms with van der Waals surface area (Å²) in [7, 11) is 0. The topological polar surface area (TPSA) is 75.3 Å². The minimum Gasteiger partial charge on any atom is -0.492 e. The zero-order valence-corrected chi connectivity index (χ0v) is 17.7. The predicted octanol–water partition coefficient (Wildman–Crippen LogP) is 5.25. The molecule has 2 heterocycles. The molecule has 0 spiro atoms. The fourth-order valence-corrected chi connectivity index (χ4v) is 4.85. The molecule has 1 aromatic carbocycles. The highest BCUT2D eigenvalue weighted by Crippen LogP contribution is 2.41. The van der Waals surface area contributed by atoms with E-state index in [9.17, 15) is 10.1 Å². The van der Waals surface area contributed by atoms with Crippen molar-refractivity contribution in [1.82, 2.24) is 4.98 Å². The van der Waals surface area contributed by atoms with E-state index in [0.717, 1.165) is 33.5 Å². The number of hydrogen-bond acceptors (Lipinski definition) is 6. The molecular formula is C21H21N3O2S2. The van der Waals surface area contributed by atoms with Gasteiger partial charge in [-0.1, -0.05) is 38.1 Å². The molecule has 1 atom stereocenters. The Balaban J connectivity index is 2.13. The molecule has 5 nitrogen and oxygen atoms in total. The average molecular weight is 412 g/mol. The van der Waals surface area contributed by atoms with Crippen LogP contribution in [0.1, 0.15) is 38.3 Å². The minimum atomic E-state index is -0.203. The molecule has 1 unspecified atom stereocenters. The Bertz CT molecular complexity index is 1010. The average Bonchev–Trinajstić information content (AvgIpc) is 3.14. The van der Waals surface area contributed by atoms with E-state index in [-0.39, 0.29) is 5.91 Å². The Morgan fingerprint density at radius 2 is 2.21 bits per heavy atom. The first-order valence-electron chi connectivity index (χ1n) is 9.15. The van der Waals surface area contributed by atoms with E-state index in [1.54, 1.807) is 17.3 Å². The van der Waals surface area contributed by atoms with E-state index >= 15 is 0 Å². The lowest BCUT2D eigenvalue weighted by molar-refractivity contribution is -0.113. The van der Waals surface area contributed by atoms with Gasteiger partial charge in [0, 0.05) is 22.2 Å². The van der Waals surface area contributed by atoms with Crippen molar-refractivity contribution in [2.75, 3.05) is 12.4 Å². The molecule has 0 bridgehead atoms. The molecule has 0 fully saturated rings. The van der Waals surface area contributed by atoms with Crippen molar-refractivity contribution in [3.8, 4) is 11.8 Å². The lowest BCUT2D eigenvalue weighted by atomic mass is 10.1. The third kappa shape index (κ3) is 4.23. The standard InChI is InChI=1S/C21H21N3O2S2/c1-4-13(3)11-27-19(20-21(25)24-12-28-20)14-6-7-17-16(8-14)18(26-5-2)15(9-22)10-23-17/h6-8,10,12-13H,4-5,11H2,1-3H3/b20-19-. The third-order valence-corrected chi connectivity index (χ3v) is 6.86. The van der Waals surface area contributed by atoms with Crippen molar-refractivity contribution in [3.63, 3.8) is 0 Å². The SMILES string of the molecule is CCOc1c(C#N)cnc2ccc(/C(SCC(C)CC)=C3/SC=NC3=O)cc12. The van der Waals surface area contributed by atoms with Gasteiger partial charge in [0.15, 0.2) is 0 Å². The van der Waals surface area contributed by atoms with Gasteiger partial charge in [-0.25, -0.2) is 4.99 Å². The van der Waals surface area contributed by atoms with Gasteiger partial charge in [0.05, 0.1) is 22.6 Å². The van der Waals surface area contributed by atoms with Crippen LogP contribution < -0.4 is 4.74 Å². The summed E-state index contributed by atoms with van der Waals surface area (Å²) < 4.78 is 5.76. The lowest BCUT2D eigenvalue weighted by Crippen LogP contribution is -2.00. The number of aliphatic imine (C=N–C) groups is 1. The molecule has 1 aliphatic rings.